The van der Waals surface area contributed by atoms with E-state index in [1.54, 1.807) is 0 Å². The summed E-state index contributed by atoms with van der Waals surface area (Å²) >= 11 is 1.29. The topological polar surface area (TPSA) is 76.4 Å². The number of aromatic nitrogens is 3. The zero-order chi connectivity index (χ0) is 17.6. The standard InChI is InChI=1S/C18H18N4O2S/c1-13(23)15(11-14-7-3-2-4-8-14)19-17(24)12-25-18-21-20-16-9-5-6-10-22(16)18/h2-10,15H,11-12H2,1H3,(H,19,24)/t15-/m1/s1. The summed E-state index contributed by atoms with van der Waals surface area (Å²) in [6.45, 7) is 1.49. The fourth-order valence-electron chi connectivity index (χ4n) is 2.43. The second-order valence-corrected chi connectivity index (χ2v) is 6.56. The number of nitrogens with one attached hydrogen (secondary N) is 1. The van der Waals surface area contributed by atoms with Gasteiger partial charge in [0.1, 0.15) is 0 Å². The maximum atomic E-state index is 12.2. The Bertz CT molecular complexity index is 879. The predicted octanol–water partition coefficient (Wildman–Crippen LogP) is 2.14. The molecule has 0 spiro atoms. The van der Waals surface area contributed by atoms with Gasteiger partial charge in [0.2, 0.25) is 5.91 Å². The van der Waals surface area contributed by atoms with Crippen molar-refractivity contribution >= 4 is 29.1 Å². The monoisotopic (exact) mass is 354 g/mol. The number of hydrogen-bond acceptors (Lipinski definition) is 5. The van der Waals surface area contributed by atoms with Crippen LogP contribution in [-0.4, -0.2) is 38.1 Å². The normalized spacial score (nSPS) is 12.0. The summed E-state index contributed by atoms with van der Waals surface area (Å²) in [6, 6.07) is 14.7. The number of ketones is 1. The molecule has 1 aromatic carbocycles. The minimum absolute atomic E-state index is 0.0601. The van der Waals surface area contributed by atoms with Crippen molar-refractivity contribution in [3.8, 4) is 0 Å². The van der Waals surface area contributed by atoms with Gasteiger partial charge in [0.25, 0.3) is 0 Å². The predicted molar refractivity (Wildman–Crippen MR) is 96.5 cm³/mol. The first kappa shape index (κ1) is 17.2. The third-order valence-electron chi connectivity index (χ3n) is 3.72. The van der Waals surface area contributed by atoms with Crippen molar-refractivity contribution in [3.63, 3.8) is 0 Å². The third-order valence-corrected chi connectivity index (χ3v) is 4.67. The summed E-state index contributed by atoms with van der Waals surface area (Å²) in [4.78, 5) is 24.1. The first-order valence-electron chi connectivity index (χ1n) is 7.90. The van der Waals surface area contributed by atoms with Crippen LogP contribution in [0.5, 0.6) is 0 Å². The molecule has 25 heavy (non-hydrogen) atoms. The van der Waals surface area contributed by atoms with Crippen LogP contribution in [0.25, 0.3) is 5.65 Å². The van der Waals surface area contributed by atoms with Crippen molar-refractivity contribution in [1.29, 1.82) is 0 Å². The number of nitrogens with zero attached hydrogens (tertiary/aromatic N) is 3. The van der Waals surface area contributed by atoms with Gasteiger partial charge >= 0.3 is 0 Å². The van der Waals surface area contributed by atoms with E-state index in [9.17, 15) is 9.59 Å². The molecule has 0 unspecified atom stereocenters. The molecule has 0 saturated carbocycles. The fraction of sp³-hybridized carbons (Fsp3) is 0.222. The van der Waals surface area contributed by atoms with Crippen molar-refractivity contribution in [2.45, 2.75) is 24.5 Å². The highest BCUT2D eigenvalue weighted by atomic mass is 32.2. The van der Waals surface area contributed by atoms with Gasteiger partial charge in [-0.15, -0.1) is 10.2 Å². The summed E-state index contributed by atoms with van der Waals surface area (Å²) in [5.41, 5.74) is 1.75. The summed E-state index contributed by atoms with van der Waals surface area (Å²) < 4.78 is 1.82. The maximum Gasteiger partial charge on any atom is 0.231 e. The van der Waals surface area contributed by atoms with Crippen LogP contribution in [-0.2, 0) is 16.0 Å². The first-order valence-corrected chi connectivity index (χ1v) is 8.88. The van der Waals surface area contributed by atoms with Crippen LogP contribution < -0.4 is 5.32 Å². The Kier molecular flexibility index (Phi) is 5.45. The van der Waals surface area contributed by atoms with E-state index in [4.69, 9.17) is 0 Å². The summed E-state index contributed by atoms with van der Waals surface area (Å²) in [7, 11) is 0. The lowest BCUT2D eigenvalue weighted by Gasteiger charge is -2.15. The molecule has 2 aromatic heterocycles. The Hall–Kier alpha value is -2.67. The molecule has 7 heteroatoms. The number of thioether (sulfide) groups is 1. The van der Waals surface area contributed by atoms with Gasteiger partial charge in [-0.1, -0.05) is 48.2 Å². The largest absolute Gasteiger partial charge is 0.345 e. The number of hydrogen-bond donors (Lipinski definition) is 1. The SMILES string of the molecule is CC(=O)[C@@H](Cc1ccccc1)NC(=O)CSc1nnc2ccccn12. The van der Waals surface area contributed by atoms with Crippen LogP contribution in [0.1, 0.15) is 12.5 Å². The third kappa shape index (κ3) is 4.45. The highest BCUT2D eigenvalue weighted by molar-refractivity contribution is 7.99. The Morgan fingerprint density at radius 2 is 1.88 bits per heavy atom. The number of Topliss-reactive ketones (excluding diaryl/α,β-unsaturated/α-hetero) is 1. The molecular formula is C18H18N4O2S. The number of fused-ring (bicyclic) bond motifs is 1. The molecule has 1 N–H and O–H groups in total. The molecule has 1 atom stereocenters. The maximum absolute atomic E-state index is 12.2. The summed E-state index contributed by atoms with van der Waals surface area (Å²) in [5, 5.41) is 11.6. The lowest BCUT2D eigenvalue weighted by molar-refractivity contribution is -0.125. The molecule has 0 aliphatic carbocycles. The molecular weight excluding hydrogens is 336 g/mol. The Labute approximate surface area is 149 Å². The highest BCUT2D eigenvalue weighted by Gasteiger charge is 2.18. The summed E-state index contributed by atoms with van der Waals surface area (Å²) in [6.07, 6.45) is 2.34. The lowest BCUT2D eigenvalue weighted by Crippen LogP contribution is -2.42. The fourth-order valence-corrected chi connectivity index (χ4v) is 3.17. The van der Waals surface area contributed by atoms with Crippen LogP contribution in [0.4, 0.5) is 0 Å². The van der Waals surface area contributed by atoms with Crippen molar-refractivity contribution in [2.75, 3.05) is 5.75 Å². The number of rotatable bonds is 7. The van der Waals surface area contributed by atoms with Crippen molar-refractivity contribution < 1.29 is 9.59 Å². The molecule has 0 aliphatic rings. The molecule has 0 aliphatic heterocycles. The van der Waals surface area contributed by atoms with Crippen LogP contribution in [0.15, 0.2) is 59.9 Å². The average molecular weight is 354 g/mol. The van der Waals surface area contributed by atoms with Crippen LogP contribution in [0, 0.1) is 0 Å². The smallest absolute Gasteiger partial charge is 0.231 e. The van der Waals surface area contributed by atoms with E-state index >= 15 is 0 Å². The van der Waals surface area contributed by atoms with Gasteiger partial charge in [-0.2, -0.15) is 0 Å². The van der Waals surface area contributed by atoms with E-state index in [0.29, 0.717) is 11.6 Å². The van der Waals surface area contributed by atoms with Gasteiger partial charge in [0.15, 0.2) is 16.6 Å². The Balaban J connectivity index is 1.59. The molecule has 6 nitrogen and oxygen atoms in total. The van der Waals surface area contributed by atoms with E-state index in [1.165, 1.54) is 18.7 Å². The molecule has 128 valence electrons. The molecule has 0 fully saturated rings. The minimum atomic E-state index is -0.523. The number of carbonyl (C=O) groups excluding carboxylic acids is 2. The van der Waals surface area contributed by atoms with Gasteiger partial charge in [-0.3, -0.25) is 14.0 Å². The molecule has 3 rings (SSSR count). The van der Waals surface area contributed by atoms with E-state index in [0.717, 1.165) is 11.2 Å². The van der Waals surface area contributed by atoms with E-state index < -0.39 is 6.04 Å². The van der Waals surface area contributed by atoms with Gasteiger partial charge < -0.3 is 5.32 Å². The van der Waals surface area contributed by atoms with E-state index in [1.807, 2.05) is 59.1 Å². The molecule has 0 radical (unpaired) electrons. The number of pyridine rings is 1. The highest BCUT2D eigenvalue weighted by Crippen LogP contribution is 2.16. The zero-order valence-electron chi connectivity index (χ0n) is 13.8. The minimum Gasteiger partial charge on any atom is -0.345 e. The molecule has 3 aromatic rings. The van der Waals surface area contributed by atoms with E-state index in [2.05, 4.69) is 15.5 Å². The molecule has 0 bridgehead atoms. The van der Waals surface area contributed by atoms with Crippen LogP contribution in [0.2, 0.25) is 0 Å². The second-order valence-electron chi connectivity index (χ2n) is 5.62. The van der Waals surface area contributed by atoms with Gasteiger partial charge in [-0.25, -0.2) is 0 Å². The number of carbonyl (C=O) groups is 2. The Morgan fingerprint density at radius 3 is 2.64 bits per heavy atom. The average Bonchev–Trinajstić information content (AvgIpc) is 3.03. The quantitative estimate of drug-likeness (QED) is 0.658. The number of amides is 1. The second kappa shape index (κ2) is 7.94. The van der Waals surface area contributed by atoms with Crippen LogP contribution in [0.3, 0.4) is 0 Å². The Morgan fingerprint density at radius 1 is 1.12 bits per heavy atom. The molecule has 0 saturated heterocycles. The van der Waals surface area contributed by atoms with Gasteiger partial charge in [-0.05, 0) is 31.0 Å². The van der Waals surface area contributed by atoms with Gasteiger partial charge in [0.05, 0.1) is 11.8 Å². The number of benzene rings is 1. The summed E-state index contributed by atoms with van der Waals surface area (Å²) in [5.74, 6) is -0.0854. The van der Waals surface area contributed by atoms with Crippen LogP contribution >= 0.6 is 11.8 Å². The molecule has 2 heterocycles. The van der Waals surface area contributed by atoms with Gasteiger partial charge in [0, 0.05) is 6.20 Å². The van der Waals surface area contributed by atoms with E-state index in [-0.39, 0.29) is 17.4 Å². The first-order chi connectivity index (χ1) is 12.1. The molecule has 1 amide bonds. The van der Waals surface area contributed by atoms with Crippen molar-refractivity contribution in [2.24, 2.45) is 0 Å². The lowest BCUT2D eigenvalue weighted by atomic mass is 10.0. The van der Waals surface area contributed by atoms with Crippen molar-refractivity contribution in [1.82, 2.24) is 19.9 Å². The zero-order valence-corrected chi connectivity index (χ0v) is 14.6. The van der Waals surface area contributed by atoms with Crippen molar-refractivity contribution in [3.05, 3.63) is 60.3 Å².